The van der Waals surface area contributed by atoms with E-state index in [0.717, 1.165) is 22.3 Å². The van der Waals surface area contributed by atoms with Crippen molar-refractivity contribution in [3.8, 4) is 0 Å². The number of carbonyl (C=O) groups excluding carboxylic acids is 1. The molecular formula is C11H15BrN2OS. The first-order chi connectivity index (χ1) is 7.72. The first-order valence-electron chi connectivity index (χ1n) is 5.49. The van der Waals surface area contributed by atoms with Crippen LogP contribution in [0.15, 0.2) is 5.51 Å². The second-order valence-electron chi connectivity index (χ2n) is 4.19. The van der Waals surface area contributed by atoms with Gasteiger partial charge in [0.25, 0.3) is 5.91 Å². The molecule has 1 aliphatic rings. The first-order valence-corrected chi connectivity index (χ1v) is 7.49. The summed E-state index contributed by atoms with van der Waals surface area (Å²) in [5.41, 5.74) is 2.55. The topological polar surface area (TPSA) is 42.0 Å². The van der Waals surface area contributed by atoms with Gasteiger partial charge in [-0.3, -0.25) is 4.79 Å². The summed E-state index contributed by atoms with van der Waals surface area (Å²) >= 11 is 4.92. The molecule has 88 valence electrons. The van der Waals surface area contributed by atoms with Crippen molar-refractivity contribution in [2.45, 2.75) is 32.2 Å². The quantitative estimate of drug-likeness (QED) is 0.872. The Balaban J connectivity index is 2.00. The highest BCUT2D eigenvalue weighted by atomic mass is 79.9. The van der Waals surface area contributed by atoms with Crippen molar-refractivity contribution >= 4 is 33.2 Å². The summed E-state index contributed by atoms with van der Waals surface area (Å²) in [7, 11) is 0. The second-order valence-corrected chi connectivity index (χ2v) is 5.69. The molecule has 0 spiro atoms. The fourth-order valence-electron chi connectivity index (χ4n) is 2.17. The fraction of sp³-hybridized carbons (Fsp3) is 0.636. The van der Waals surface area contributed by atoms with Gasteiger partial charge in [0.2, 0.25) is 0 Å². The molecule has 0 aliphatic heterocycles. The summed E-state index contributed by atoms with van der Waals surface area (Å²) in [4.78, 5) is 16.8. The Morgan fingerprint density at radius 2 is 2.50 bits per heavy atom. The van der Waals surface area contributed by atoms with Gasteiger partial charge in [-0.1, -0.05) is 22.4 Å². The third kappa shape index (κ3) is 2.46. The van der Waals surface area contributed by atoms with E-state index >= 15 is 0 Å². The monoisotopic (exact) mass is 302 g/mol. The number of carbonyl (C=O) groups is 1. The lowest BCUT2D eigenvalue weighted by atomic mass is 10.1. The van der Waals surface area contributed by atoms with Crippen LogP contribution in [0.5, 0.6) is 0 Å². The Morgan fingerprint density at radius 1 is 1.69 bits per heavy atom. The number of thiazole rings is 1. The Bertz CT molecular complexity index is 380. The van der Waals surface area contributed by atoms with E-state index in [9.17, 15) is 4.79 Å². The van der Waals surface area contributed by atoms with Crippen LogP contribution in [0.3, 0.4) is 0 Å². The third-order valence-corrected chi connectivity index (χ3v) is 4.88. The van der Waals surface area contributed by atoms with Crippen molar-refractivity contribution in [2.75, 3.05) is 5.33 Å². The van der Waals surface area contributed by atoms with Gasteiger partial charge < -0.3 is 5.32 Å². The van der Waals surface area contributed by atoms with E-state index in [1.54, 1.807) is 5.51 Å². The lowest BCUT2D eigenvalue weighted by Gasteiger charge is -2.18. The van der Waals surface area contributed by atoms with E-state index in [-0.39, 0.29) is 5.91 Å². The summed E-state index contributed by atoms with van der Waals surface area (Å²) < 4.78 is 0. The molecule has 0 bridgehead atoms. The van der Waals surface area contributed by atoms with Crippen LogP contribution in [-0.4, -0.2) is 22.3 Å². The van der Waals surface area contributed by atoms with Crippen LogP contribution in [-0.2, 0) is 0 Å². The molecule has 1 amide bonds. The van der Waals surface area contributed by atoms with Gasteiger partial charge in [0, 0.05) is 11.4 Å². The van der Waals surface area contributed by atoms with Gasteiger partial charge in [-0.15, -0.1) is 11.3 Å². The molecule has 2 rings (SSSR count). The molecule has 1 aromatic heterocycles. The van der Waals surface area contributed by atoms with Gasteiger partial charge in [0.15, 0.2) is 0 Å². The van der Waals surface area contributed by atoms with Crippen molar-refractivity contribution in [1.29, 1.82) is 0 Å². The molecular weight excluding hydrogens is 288 g/mol. The number of hydrogen-bond acceptors (Lipinski definition) is 3. The maximum atomic E-state index is 12.0. The van der Waals surface area contributed by atoms with E-state index in [4.69, 9.17) is 0 Å². The van der Waals surface area contributed by atoms with Crippen molar-refractivity contribution in [3.63, 3.8) is 0 Å². The maximum Gasteiger partial charge on any atom is 0.263 e. The molecule has 2 unspecified atom stereocenters. The number of amides is 1. The van der Waals surface area contributed by atoms with Gasteiger partial charge in [-0.2, -0.15) is 0 Å². The number of nitrogens with zero attached hydrogens (tertiary/aromatic N) is 1. The smallest absolute Gasteiger partial charge is 0.263 e. The van der Waals surface area contributed by atoms with Crippen LogP contribution < -0.4 is 5.32 Å². The SMILES string of the molecule is Cc1ncsc1C(=O)NC1CCCC1CBr. The van der Waals surface area contributed by atoms with Crippen LogP contribution in [0.2, 0.25) is 0 Å². The standard InChI is InChI=1S/C11H15BrN2OS/c1-7-10(16-6-13-7)11(15)14-9-4-2-3-8(9)5-12/h6,8-9H,2-5H2,1H3,(H,14,15). The lowest BCUT2D eigenvalue weighted by molar-refractivity contribution is 0.0933. The Labute approximate surface area is 108 Å². The summed E-state index contributed by atoms with van der Waals surface area (Å²) in [6.07, 6.45) is 3.51. The number of halogens is 1. The molecule has 0 radical (unpaired) electrons. The normalized spacial score (nSPS) is 24.6. The summed E-state index contributed by atoms with van der Waals surface area (Å²) in [6.45, 7) is 1.88. The second kappa shape index (κ2) is 5.27. The van der Waals surface area contributed by atoms with Gasteiger partial charge in [0.05, 0.1) is 11.2 Å². The van der Waals surface area contributed by atoms with Gasteiger partial charge in [-0.25, -0.2) is 4.98 Å². The van der Waals surface area contributed by atoms with E-state index in [1.807, 2.05) is 6.92 Å². The fourth-order valence-corrected chi connectivity index (χ4v) is 3.65. The molecule has 5 heteroatoms. The van der Waals surface area contributed by atoms with E-state index in [1.165, 1.54) is 24.2 Å². The van der Waals surface area contributed by atoms with E-state index < -0.39 is 0 Å². The molecule has 1 fully saturated rings. The van der Waals surface area contributed by atoms with E-state index in [0.29, 0.717) is 12.0 Å². The molecule has 1 saturated carbocycles. The average Bonchev–Trinajstić information content (AvgIpc) is 2.86. The minimum atomic E-state index is 0.0397. The van der Waals surface area contributed by atoms with Crippen molar-refractivity contribution in [1.82, 2.24) is 10.3 Å². The maximum absolute atomic E-state index is 12.0. The highest BCUT2D eigenvalue weighted by molar-refractivity contribution is 9.09. The summed E-state index contributed by atoms with van der Waals surface area (Å²) in [5, 5.41) is 4.10. The molecule has 2 atom stereocenters. The largest absolute Gasteiger partial charge is 0.348 e. The van der Waals surface area contributed by atoms with Crippen LogP contribution in [0.25, 0.3) is 0 Å². The third-order valence-electron chi connectivity index (χ3n) is 3.13. The minimum Gasteiger partial charge on any atom is -0.348 e. The average molecular weight is 303 g/mol. The zero-order chi connectivity index (χ0) is 11.5. The highest BCUT2D eigenvalue weighted by Crippen LogP contribution is 2.27. The van der Waals surface area contributed by atoms with Gasteiger partial charge in [-0.05, 0) is 25.7 Å². The molecule has 0 aromatic carbocycles. The van der Waals surface area contributed by atoms with Crippen molar-refractivity contribution in [3.05, 3.63) is 16.1 Å². The van der Waals surface area contributed by atoms with Crippen LogP contribution in [0, 0.1) is 12.8 Å². The first kappa shape index (κ1) is 12.0. The van der Waals surface area contributed by atoms with E-state index in [2.05, 4.69) is 26.2 Å². The van der Waals surface area contributed by atoms with Gasteiger partial charge in [0.1, 0.15) is 4.88 Å². The Kier molecular flexibility index (Phi) is 3.97. The zero-order valence-corrected chi connectivity index (χ0v) is 11.6. The molecule has 1 aromatic rings. The lowest BCUT2D eigenvalue weighted by Crippen LogP contribution is -2.37. The zero-order valence-electron chi connectivity index (χ0n) is 9.20. The minimum absolute atomic E-state index is 0.0397. The Hall–Kier alpha value is -0.420. The van der Waals surface area contributed by atoms with Crippen LogP contribution in [0.1, 0.15) is 34.6 Å². The van der Waals surface area contributed by atoms with Crippen molar-refractivity contribution < 1.29 is 4.79 Å². The highest BCUT2D eigenvalue weighted by Gasteiger charge is 2.28. The number of hydrogen-bond donors (Lipinski definition) is 1. The summed E-state index contributed by atoms with van der Waals surface area (Å²) in [5.74, 6) is 0.620. The summed E-state index contributed by atoms with van der Waals surface area (Å²) in [6, 6.07) is 0.327. The Morgan fingerprint density at radius 3 is 3.12 bits per heavy atom. The van der Waals surface area contributed by atoms with Crippen LogP contribution in [0.4, 0.5) is 0 Å². The number of aryl methyl sites for hydroxylation is 1. The van der Waals surface area contributed by atoms with Crippen LogP contribution >= 0.6 is 27.3 Å². The molecule has 16 heavy (non-hydrogen) atoms. The number of nitrogens with one attached hydrogen (secondary N) is 1. The molecule has 3 nitrogen and oxygen atoms in total. The number of rotatable bonds is 3. The number of alkyl halides is 1. The number of aromatic nitrogens is 1. The van der Waals surface area contributed by atoms with Gasteiger partial charge >= 0.3 is 0 Å². The predicted molar refractivity (Wildman–Crippen MR) is 69.2 cm³/mol. The molecule has 1 aliphatic carbocycles. The molecule has 1 N–H and O–H groups in total. The molecule has 1 heterocycles. The predicted octanol–water partition coefficient (Wildman–Crippen LogP) is 2.74. The molecule has 0 saturated heterocycles. The van der Waals surface area contributed by atoms with Crippen molar-refractivity contribution in [2.24, 2.45) is 5.92 Å².